The van der Waals surface area contributed by atoms with Crippen molar-refractivity contribution < 1.29 is 17.6 Å². The number of alkyl halides is 4. The van der Waals surface area contributed by atoms with Gasteiger partial charge in [-0.15, -0.1) is 0 Å². The van der Waals surface area contributed by atoms with Crippen LogP contribution < -0.4 is 5.32 Å². The van der Waals surface area contributed by atoms with Crippen LogP contribution in [0.4, 0.5) is 17.6 Å². The van der Waals surface area contributed by atoms with Gasteiger partial charge in [0.15, 0.2) is 0 Å². The minimum atomic E-state index is -3.92. The van der Waals surface area contributed by atoms with Gasteiger partial charge in [0, 0.05) is 6.04 Å². The molecule has 5 heteroatoms. The Morgan fingerprint density at radius 2 is 1.86 bits per heavy atom. The fourth-order valence-corrected chi connectivity index (χ4v) is 1.24. The van der Waals surface area contributed by atoms with Crippen molar-refractivity contribution in [2.24, 2.45) is 5.41 Å². The molecule has 0 aromatic carbocycles. The molecule has 0 bridgehead atoms. The van der Waals surface area contributed by atoms with E-state index in [0.717, 1.165) is 12.8 Å². The van der Waals surface area contributed by atoms with Gasteiger partial charge >= 0.3 is 12.3 Å². The Hall–Kier alpha value is -0.320. The van der Waals surface area contributed by atoms with Gasteiger partial charge in [-0.25, -0.2) is 8.78 Å². The predicted molar refractivity (Wildman–Crippen MR) is 45.8 cm³/mol. The van der Waals surface area contributed by atoms with Crippen molar-refractivity contribution in [3.63, 3.8) is 0 Å². The second-order valence-electron chi connectivity index (χ2n) is 4.32. The third-order valence-corrected chi connectivity index (χ3v) is 3.05. The molecular formula is C9H15F4N. The molecule has 0 amide bonds. The Labute approximate surface area is 80.9 Å². The molecule has 0 saturated heterocycles. The number of rotatable bonds is 5. The van der Waals surface area contributed by atoms with Crippen molar-refractivity contribution in [2.45, 2.75) is 45.1 Å². The summed E-state index contributed by atoms with van der Waals surface area (Å²) >= 11 is 0. The van der Waals surface area contributed by atoms with Crippen molar-refractivity contribution in [3.05, 3.63) is 0 Å². The topological polar surface area (TPSA) is 12.0 Å². The molecule has 0 aromatic heterocycles. The van der Waals surface area contributed by atoms with Gasteiger partial charge in [0.2, 0.25) is 0 Å². The van der Waals surface area contributed by atoms with E-state index in [0.29, 0.717) is 0 Å². The Balaban J connectivity index is 2.32. The van der Waals surface area contributed by atoms with Gasteiger partial charge in [-0.05, 0) is 25.2 Å². The summed E-state index contributed by atoms with van der Waals surface area (Å²) in [5.74, 6) is -3.92. The summed E-state index contributed by atoms with van der Waals surface area (Å²) in [6.45, 7) is 2.78. The fraction of sp³-hybridized carbons (Fsp3) is 1.00. The lowest BCUT2D eigenvalue weighted by atomic mass is 10.0. The van der Waals surface area contributed by atoms with Crippen LogP contribution in [0.3, 0.4) is 0 Å². The van der Waals surface area contributed by atoms with Crippen molar-refractivity contribution in [1.29, 1.82) is 0 Å². The van der Waals surface area contributed by atoms with Gasteiger partial charge in [-0.1, -0.05) is 6.92 Å². The zero-order chi connectivity index (χ0) is 11.0. The van der Waals surface area contributed by atoms with E-state index < -0.39 is 18.9 Å². The second kappa shape index (κ2) is 3.68. The molecule has 0 aromatic rings. The Bertz CT molecular complexity index is 201. The molecule has 1 N–H and O–H groups in total. The van der Waals surface area contributed by atoms with Gasteiger partial charge < -0.3 is 5.32 Å². The molecule has 1 rings (SSSR count). The Morgan fingerprint density at radius 3 is 2.21 bits per heavy atom. The lowest BCUT2D eigenvalue weighted by Crippen LogP contribution is -2.44. The highest BCUT2D eigenvalue weighted by atomic mass is 19.3. The standard InChI is InChI=1S/C9H15F4N/c1-6(8(2)3-4-8)14-5-9(12,13)7(10)11/h6-7,14H,3-5H2,1-2H3. The smallest absolute Gasteiger partial charge is 0.308 e. The Morgan fingerprint density at radius 1 is 1.36 bits per heavy atom. The van der Waals surface area contributed by atoms with Gasteiger partial charge in [0.25, 0.3) is 0 Å². The molecule has 0 spiro atoms. The third-order valence-electron chi connectivity index (χ3n) is 3.05. The van der Waals surface area contributed by atoms with Crippen LogP contribution in [0, 0.1) is 5.41 Å². The SMILES string of the molecule is CC(NCC(F)(F)C(F)F)C1(C)CC1. The first-order valence-corrected chi connectivity index (χ1v) is 4.67. The lowest BCUT2D eigenvalue weighted by Gasteiger charge is -2.23. The highest BCUT2D eigenvalue weighted by molar-refractivity contribution is 4.97. The molecular weight excluding hydrogens is 198 g/mol. The normalized spacial score (nSPS) is 22.5. The van der Waals surface area contributed by atoms with Crippen molar-refractivity contribution >= 4 is 0 Å². The van der Waals surface area contributed by atoms with Crippen LogP contribution in [0.5, 0.6) is 0 Å². The summed E-state index contributed by atoms with van der Waals surface area (Å²) in [5, 5.41) is 2.48. The van der Waals surface area contributed by atoms with Crippen LogP contribution in [0.15, 0.2) is 0 Å². The zero-order valence-electron chi connectivity index (χ0n) is 8.29. The van der Waals surface area contributed by atoms with Crippen LogP contribution >= 0.6 is 0 Å². The molecule has 0 heterocycles. The van der Waals surface area contributed by atoms with Crippen LogP contribution in [0.25, 0.3) is 0 Å². The monoisotopic (exact) mass is 213 g/mol. The van der Waals surface area contributed by atoms with E-state index in [4.69, 9.17) is 0 Å². The molecule has 1 atom stereocenters. The van der Waals surface area contributed by atoms with Crippen molar-refractivity contribution in [2.75, 3.05) is 6.54 Å². The third kappa shape index (κ3) is 2.59. The van der Waals surface area contributed by atoms with Crippen LogP contribution in [0.1, 0.15) is 26.7 Å². The maximum absolute atomic E-state index is 12.5. The van der Waals surface area contributed by atoms with Crippen molar-refractivity contribution in [3.8, 4) is 0 Å². The van der Waals surface area contributed by atoms with Gasteiger partial charge in [0.05, 0.1) is 6.54 Å². The molecule has 1 nitrogen and oxygen atoms in total. The van der Waals surface area contributed by atoms with Gasteiger partial charge in [-0.3, -0.25) is 0 Å². The minimum absolute atomic E-state index is 0.0260. The second-order valence-corrected chi connectivity index (χ2v) is 4.32. The molecule has 0 aliphatic heterocycles. The summed E-state index contributed by atoms with van der Waals surface area (Å²) in [6.07, 6.45) is -1.64. The highest BCUT2D eigenvalue weighted by Crippen LogP contribution is 2.48. The summed E-state index contributed by atoms with van der Waals surface area (Å²) < 4.78 is 48.6. The average molecular weight is 213 g/mol. The number of nitrogens with one attached hydrogen (secondary N) is 1. The number of hydrogen-bond donors (Lipinski definition) is 1. The summed E-state index contributed by atoms with van der Waals surface area (Å²) in [6, 6.07) is -0.132. The van der Waals surface area contributed by atoms with E-state index in [1.165, 1.54) is 0 Å². The quantitative estimate of drug-likeness (QED) is 0.692. The molecule has 1 saturated carbocycles. The fourth-order valence-electron chi connectivity index (χ4n) is 1.24. The van der Waals surface area contributed by atoms with E-state index in [1.54, 1.807) is 6.92 Å². The highest BCUT2D eigenvalue weighted by Gasteiger charge is 2.45. The molecule has 14 heavy (non-hydrogen) atoms. The van der Waals surface area contributed by atoms with E-state index in [2.05, 4.69) is 5.32 Å². The largest absolute Gasteiger partial charge is 0.319 e. The zero-order valence-corrected chi connectivity index (χ0v) is 8.29. The molecule has 1 aliphatic rings. The van der Waals surface area contributed by atoms with E-state index >= 15 is 0 Å². The molecule has 0 radical (unpaired) electrons. The van der Waals surface area contributed by atoms with Crippen molar-refractivity contribution in [1.82, 2.24) is 5.32 Å². The predicted octanol–water partition coefficient (Wildman–Crippen LogP) is 2.67. The maximum Gasteiger partial charge on any atom is 0.319 e. The first-order valence-electron chi connectivity index (χ1n) is 4.67. The van der Waals surface area contributed by atoms with Gasteiger partial charge in [-0.2, -0.15) is 8.78 Å². The van der Waals surface area contributed by atoms with E-state index in [9.17, 15) is 17.6 Å². The van der Waals surface area contributed by atoms with Gasteiger partial charge in [0.1, 0.15) is 0 Å². The average Bonchev–Trinajstić information content (AvgIpc) is 2.80. The maximum atomic E-state index is 12.5. The lowest BCUT2D eigenvalue weighted by molar-refractivity contribution is -0.126. The Kier molecular flexibility index (Phi) is 3.09. The molecule has 1 fully saturated rings. The minimum Gasteiger partial charge on any atom is -0.308 e. The first-order chi connectivity index (χ1) is 6.28. The van der Waals surface area contributed by atoms with E-state index in [-0.39, 0.29) is 11.5 Å². The summed E-state index contributed by atoms with van der Waals surface area (Å²) in [7, 11) is 0. The molecule has 1 unspecified atom stereocenters. The summed E-state index contributed by atoms with van der Waals surface area (Å²) in [4.78, 5) is 0. The number of halogens is 4. The first kappa shape index (κ1) is 11.8. The number of hydrogen-bond acceptors (Lipinski definition) is 1. The van der Waals surface area contributed by atoms with Crippen LogP contribution in [-0.4, -0.2) is 24.9 Å². The molecule has 1 aliphatic carbocycles. The van der Waals surface area contributed by atoms with E-state index in [1.807, 2.05) is 6.92 Å². The molecule has 84 valence electrons. The van der Waals surface area contributed by atoms with Crippen LogP contribution in [0.2, 0.25) is 0 Å². The summed E-state index contributed by atoms with van der Waals surface area (Å²) in [5.41, 5.74) is 0.0260. The van der Waals surface area contributed by atoms with Crippen LogP contribution in [-0.2, 0) is 0 Å².